The molecule has 3 aromatic rings. The second-order valence-electron chi connectivity index (χ2n) is 8.55. The van der Waals surface area contributed by atoms with Gasteiger partial charge in [0.1, 0.15) is 16.8 Å². The van der Waals surface area contributed by atoms with Crippen molar-refractivity contribution in [2.45, 2.75) is 56.3 Å². The number of esters is 1. The number of pyridine rings is 1. The average molecular weight is 514 g/mol. The number of carbonyl (C=O) groups excluding carboxylic acids is 1. The van der Waals surface area contributed by atoms with E-state index < -0.39 is 38.9 Å². The Morgan fingerprint density at radius 3 is 2.46 bits per heavy atom. The van der Waals surface area contributed by atoms with Gasteiger partial charge in [0.15, 0.2) is 0 Å². The van der Waals surface area contributed by atoms with Crippen LogP contribution in [0.25, 0.3) is 22.3 Å². The Labute approximate surface area is 199 Å². The minimum atomic E-state index is -4.76. The zero-order valence-electron chi connectivity index (χ0n) is 19.1. The highest BCUT2D eigenvalue weighted by molar-refractivity contribution is 7.89. The van der Waals surface area contributed by atoms with Gasteiger partial charge in [-0.3, -0.25) is 4.98 Å². The van der Waals surface area contributed by atoms with E-state index in [1.165, 1.54) is 19.2 Å². The van der Waals surface area contributed by atoms with Crippen LogP contribution in [0.15, 0.2) is 35.4 Å². The van der Waals surface area contributed by atoms with E-state index in [-0.39, 0.29) is 17.3 Å². The van der Waals surface area contributed by atoms with E-state index in [4.69, 9.17) is 4.74 Å². The largest absolute Gasteiger partial charge is 0.465 e. The van der Waals surface area contributed by atoms with Crippen LogP contribution in [0.5, 0.6) is 0 Å². The molecule has 0 bridgehead atoms. The molecule has 1 aliphatic carbocycles. The van der Waals surface area contributed by atoms with Crippen LogP contribution in [0.2, 0.25) is 0 Å². The smallest absolute Gasteiger partial charge is 0.404 e. The molecule has 0 aliphatic heterocycles. The van der Waals surface area contributed by atoms with Crippen LogP contribution in [0, 0.1) is 12.7 Å². The summed E-state index contributed by atoms with van der Waals surface area (Å²) < 4.78 is 86.3. The van der Waals surface area contributed by atoms with Crippen LogP contribution in [-0.2, 0) is 14.8 Å². The van der Waals surface area contributed by atoms with Crippen molar-refractivity contribution in [2.75, 3.05) is 7.11 Å². The van der Waals surface area contributed by atoms with Crippen molar-refractivity contribution in [1.29, 1.82) is 0 Å². The van der Waals surface area contributed by atoms with E-state index in [9.17, 15) is 30.8 Å². The van der Waals surface area contributed by atoms with E-state index in [1.54, 1.807) is 17.7 Å². The molecule has 0 radical (unpaired) electrons. The fourth-order valence-electron chi connectivity index (χ4n) is 4.07. The first-order valence-corrected chi connectivity index (χ1v) is 12.3. The molecule has 1 aliphatic rings. The van der Waals surface area contributed by atoms with Gasteiger partial charge in [-0.05, 0) is 62.9 Å². The summed E-state index contributed by atoms with van der Waals surface area (Å²) in [7, 11) is -3.31. The zero-order valence-corrected chi connectivity index (χ0v) is 19.9. The first kappa shape index (κ1) is 25.1. The highest BCUT2D eigenvalue weighted by Crippen LogP contribution is 2.43. The molecule has 12 heteroatoms. The summed E-state index contributed by atoms with van der Waals surface area (Å²) in [4.78, 5) is 16.5. The van der Waals surface area contributed by atoms with Gasteiger partial charge < -0.3 is 9.30 Å². The molecule has 0 unspecified atom stereocenters. The number of nitrogens with zero attached hydrogens (tertiary/aromatic N) is 2. The van der Waals surface area contributed by atoms with Crippen LogP contribution in [0.4, 0.5) is 17.6 Å². The molecule has 2 aromatic heterocycles. The van der Waals surface area contributed by atoms with Crippen LogP contribution >= 0.6 is 0 Å². The Hall–Kier alpha value is -2.99. The van der Waals surface area contributed by atoms with Gasteiger partial charge in [0.25, 0.3) is 0 Å². The highest BCUT2D eigenvalue weighted by Gasteiger charge is 2.39. The molecular weight excluding hydrogens is 490 g/mol. The number of hydrogen-bond donors (Lipinski definition) is 1. The van der Waals surface area contributed by atoms with Crippen molar-refractivity contribution >= 4 is 26.9 Å². The lowest BCUT2D eigenvalue weighted by molar-refractivity contribution is -0.147. The van der Waals surface area contributed by atoms with Crippen LogP contribution in [0.3, 0.4) is 0 Å². The fraction of sp³-hybridized carbons (Fsp3) is 0.391. The van der Waals surface area contributed by atoms with E-state index >= 15 is 0 Å². The third kappa shape index (κ3) is 4.52. The Morgan fingerprint density at radius 2 is 1.94 bits per heavy atom. The number of hydrogen-bond acceptors (Lipinski definition) is 5. The number of benzene rings is 1. The maximum atomic E-state index is 14.5. The molecule has 4 rings (SSSR count). The lowest BCUT2D eigenvalue weighted by Crippen LogP contribution is -2.42. The minimum Gasteiger partial charge on any atom is -0.465 e. The number of methoxy groups -OCH3 is 1. The summed E-state index contributed by atoms with van der Waals surface area (Å²) in [6.45, 7) is 2.30. The quantitative estimate of drug-likeness (QED) is 0.374. The Balaban J connectivity index is 1.87. The zero-order chi connectivity index (χ0) is 25.7. The summed E-state index contributed by atoms with van der Waals surface area (Å²) in [5.74, 6) is -1.22. The SMILES string of the molecule is COC(=O)c1c(-c2ccc(S(=O)(=O)N[C@@H](C)C(F)(F)F)cn2)n(C2CCC2)c2cc(C)c(F)cc12. The fourth-order valence-corrected chi connectivity index (χ4v) is 5.24. The van der Waals surface area contributed by atoms with Crippen LogP contribution in [0.1, 0.15) is 48.1 Å². The maximum absolute atomic E-state index is 14.5. The summed E-state index contributed by atoms with van der Waals surface area (Å²) in [6.07, 6.45) is -1.23. The summed E-state index contributed by atoms with van der Waals surface area (Å²) in [5.41, 5.74) is 1.62. The predicted octanol–water partition coefficient (Wildman–Crippen LogP) is 4.89. The number of aryl methyl sites for hydroxylation is 1. The van der Waals surface area contributed by atoms with E-state index in [2.05, 4.69) is 4.98 Å². The van der Waals surface area contributed by atoms with Gasteiger partial charge in [0, 0.05) is 17.6 Å². The molecule has 188 valence electrons. The van der Waals surface area contributed by atoms with Gasteiger partial charge in [-0.2, -0.15) is 17.9 Å². The van der Waals surface area contributed by atoms with Crippen molar-refractivity contribution in [1.82, 2.24) is 14.3 Å². The number of carbonyl (C=O) groups is 1. The number of nitrogens with one attached hydrogen (secondary N) is 1. The molecule has 2 heterocycles. The molecule has 0 amide bonds. The standard InChI is InChI=1S/C23H23F4N3O4S/c1-12-9-19-16(10-17(12)24)20(22(31)34-3)21(30(19)14-5-4-6-14)18-8-7-15(11-28-18)35(32,33)29-13(2)23(25,26)27/h7-11,13-14,29H,4-6H2,1-3H3/t13-/m0/s1. The van der Waals surface area contributed by atoms with Crippen molar-refractivity contribution in [3.05, 3.63) is 47.4 Å². The number of rotatable bonds is 6. The van der Waals surface area contributed by atoms with Gasteiger partial charge in [-0.25, -0.2) is 17.6 Å². The van der Waals surface area contributed by atoms with Gasteiger partial charge >= 0.3 is 12.1 Å². The first-order valence-electron chi connectivity index (χ1n) is 10.8. The molecule has 1 fully saturated rings. The Kier molecular flexibility index (Phi) is 6.39. The van der Waals surface area contributed by atoms with Crippen molar-refractivity contribution in [3.63, 3.8) is 0 Å². The second kappa shape index (κ2) is 8.90. The molecule has 1 atom stereocenters. The summed E-state index contributed by atoms with van der Waals surface area (Å²) >= 11 is 0. The molecule has 0 saturated heterocycles. The predicted molar refractivity (Wildman–Crippen MR) is 120 cm³/mol. The normalized spacial score (nSPS) is 15.7. The van der Waals surface area contributed by atoms with Gasteiger partial charge in [0.05, 0.1) is 29.6 Å². The number of halogens is 4. The van der Waals surface area contributed by atoms with Crippen molar-refractivity contribution in [3.8, 4) is 11.4 Å². The molecule has 1 aromatic carbocycles. The Bertz CT molecular complexity index is 1400. The number of sulfonamides is 1. The highest BCUT2D eigenvalue weighted by atomic mass is 32.2. The topological polar surface area (TPSA) is 90.3 Å². The van der Waals surface area contributed by atoms with E-state index in [1.807, 2.05) is 4.57 Å². The number of alkyl halides is 3. The van der Waals surface area contributed by atoms with E-state index in [0.717, 1.165) is 31.5 Å². The number of aromatic nitrogens is 2. The summed E-state index contributed by atoms with van der Waals surface area (Å²) in [6, 6.07) is 3.04. The first-order chi connectivity index (χ1) is 16.3. The molecule has 1 saturated carbocycles. The monoisotopic (exact) mass is 513 g/mol. The Morgan fingerprint density at radius 1 is 1.26 bits per heavy atom. The lowest BCUT2D eigenvalue weighted by Gasteiger charge is -2.30. The van der Waals surface area contributed by atoms with Crippen LogP contribution in [-0.4, -0.2) is 43.3 Å². The maximum Gasteiger partial charge on any atom is 0.404 e. The molecular formula is C23H23F4N3O4S. The molecule has 35 heavy (non-hydrogen) atoms. The second-order valence-corrected chi connectivity index (χ2v) is 10.3. The van der Waals surface area contributed by atoms with Crippen molar-refractivity contribution in [2.24, 2.45) is 0 Å². The van der Waals surface area contributed by atoms with Gasteiger partial charge in [-0.15, -0.1) is 0 Å². The lowest BCUT2D eigenvalue weighted by atomic mass is 9.92. The molecule has 7 nitrogen and oxygen atoms in total. The van der Waals surface area contributed by atoms with Gasteiger partial charge in [-0.1, -0.05) is 0 Å². The van der Waals surface area contributed by atoms with Crippen LogP contribution < -0.4 is 4.72 Å². The average Bonchev–Trinajstić information content (AvgIpc) is 3.05. The summed E-state index contributed by atoms with van der Waals surface area (Å²) in [5, 5.41) is 0.334. The third-order valence-electron chi connectivity index (χ3n) is 6.23. The van der Waals surface area contributed by atoms with E-state index in [0.29, 0.717) is 29.1 Å². The van der Waals surface area contributed by atoms with Gasteiger partial charge in [0.2, 0.25) is 10.0 Å². The third-order valence-corrected chi connectivity index (χ3v) is 7.75. The number of fused-ring (bicyclic) bond motifs is 1. The van der Waals surface area contributed by atoms with Crippen molar-refractivity contribution < 1.29 is 35.5 Å². The minimum absolute atomic E-state index is 0.00952. The number of ether oxygens (including phenoxy) is 1. The molecule has 1 N–H and O–H groups in total. The molecule has 0 spiro atoms.